The highest BCUT2D eigenvalue weighted by atomic mass is 32.2. The van der Waals surface area contributed by atoms with Gasteiger partial charge in [0, 0.05) is 4.90 Å². The van der Waals surface area contributed by atoms with E-state index < -0.39 is 0 Å². The highest BCUT2D eigenvalue weighted by Gasteiger charge is 1.98. The van der Waals surface area contributed by atoms with Crippen LogP contribution in [-0.2, 0) is 0 Å². The summed E-state index contributed by atoms with van der Waals surface area (Å²) in [4.78, 5) is 4.54. The molecule has 0 amide bonds. The lowest BCUT2D eigenvalue weighted by molar-refractivity contribution is 0.482. The van der Waals surface area contributed by atoms with Crippen molar-refractivity contribution in [3.63, 3.8) is 0 Å². The Hall–Kier alpha value is -1.92. The number of nitrogens with zero attached hydrogens (tertiary/aromatic N) is 1. The first-order valence-corrected chi connectivity index (χ1v) is 6.34. The highest BCUT2D eigenvalue weighted by Crippen LogP contribution is 2.25. The van der Waals surface area contributed by atoms with E-state index in [9.17, 15) is 0 Å². The van der Waals surface area contributed by atoms with Crippen LogP contribution in [0, 0.1) is 6.57 Å². The number of rotatable bonds is 3. The van der Waals surface area contributed by atoms with Crippen molar-refractivity contribution in [2.45, 2.75) is 4.90 Å². The minimum atomic E-state index is 0.620. The van der Waals surface area contributed by atoms with E-state index in [0.29, 0.717) is 5.69 Å². The molecule has 84 valence electrons. The molecular weight excluding hydrogens is 230 g/mol. The van der Waals surface area contributed by atoms with Gasteiger partial charge < -0.3 is 4.74 Å². The van der Waals surface area contributed by atoms with Gasteiger partial charge in [0.1, 0.15) is 11.5 Å². The quantitative estimate of drug-likeness (QED) is 0.568. The van der Waals surface area contributed by atoms with Crippen molar-refractivity contribution in [3.05, 3.63) is 59.9 Å². The third kappa shape index (κ3) is 3.02. The zero-order chi connectivity index (χ0) is 12.1. The third-order valence-electron chi connectivity index (χ3n) is 2.26. The minimum absolute atomic E-state index is 0.620. The largest absolute Gasteiger partial charge is 0.457 e. The molecule has 2 rings (SSSR count). The number of hydrogen-bond donors (Lipinski definition) is 0. The smallest absolute Gasteiger partial charge is 0.187 e. The molecule has 17 heavy (non-hydrogen) atoms. The Morgan fingerprint density at radius 1 is 0.941 bits per heavy atom. The summed E-state index contributed by atoms with van der Waals surface area (Å²) >= 11 is 1.70. The average Bonchev–Trinajstić information content (AvgIpc) is 2.40. The van der Waals surface area contributed by atoms with E-state index in [4.69, 9.17) is 11.3 Å². The van der Waals surface area contributed by atoms with Crippen LogP contribution in [0.3, 0.4) is 0 Å². The van der Waals surface area contributed by atoms with Crippen molar-refractivity contribution >= 4 is 17.4 Å². The molecule has 0 atom stereocenters. The molecule has 2 aromatic carbocycles. The first-order valence-electron chi connectivity index (χ1n) is 5.11. The second kappa shape index (κ2) is 5.42. The zero-order valence-electron chi connectivity index (χ0n) is 9.38. The van der Waals surface area contributed by atoms with Crippen molar-refractivity contribution in [2.24, 2.45) is 0 Å². The van der Waals surface area contributed by atoms with Gasteiger partial charge in [0.25, 0.3) is 0 Å². The summed E-state index contributed by atoms with van der Waals surface area (Å²) in [5, 5.41) is 0. The molecule has 2 aromatic rings. The first kappa shape index (κ1) is 11.6. The zero-order valence-corrected chi connectivity index (χ0v) is 10.2. The van der Waals surface area contributed by atoms with Crippen LogP contribution in [0.5, 0.6) is 11.5 Å². The molecule has 0 radical (unpaired) electrons. The van der Waals surface area contributed by atoms with Gasteiger partial charge in [0.05, 0.1) is 6.57 Å². The van der Waals surface area contributed by atoms with Crippen molar-refractivity contribution in [1.82, 2.24) is 0 Å². The van der Waals surface area contributed by atoms with Crippen LogP contribution in [-0.4, -0.2) is 6.26 Å². The molecule has 3 heteroatoms. The number of hydrogen-bond acceptors (Lipinski definition) is 2. The molecule has 0 N–H and O–H groups in total. The summed E-state index contributed by atoms with van der Waals surface area (Å²) in [6.45, 7) is 6.86. The van der Waals surface area contributed by atoms with Crippen molar-refractivity contribution in [1.29, 1.82) is 0 Å². The second-order valence-corrected chi connectivity index (χ2v) is 4.26. The van der Waals surface area contributed by atoms with Crippen LogP contribution in [0.25, 0.3) is 4.85 Å². The lowest BCUT2D eigenvalue weighted by Gasteiger charge is -2.06. The maximum absolute atomic E-state index is 6.86. The molecule has 0 saturated carbocycles. The summed E-state index contributed by atoms with van der Waals surface area (Å²) in [5.74, 6) is 1.55. The van der Waals surface area contributed by atoms with Crippen molar-refractivity contribution in [2.75, 3.05) is 6.26 Å². The van der Waals surface area contributed by atoms with Gasteiger partial charge in [-0.3, -0.25) is 0 Å². The molecule has 0 aromatic heterocycles. The number of thioether (sulfide) groups is 1. The van der Waals surface area contributed by atoms with Crippen LogP contribution in [0.2, 0.25) is 0 Å². The van der Waals surface area contributed by atoms with Crippen LogP contribution in [0.4, 0.5) is 5.69 Å². The van der Waals surface area contributed by atoms with Gasteiger partial charge in [0.2, 0.25) is 0 Å². The first-order chi connectivity index (χ1) is 8.31. The molecule has 0 aliphatic carbocycles. The molecule has 0 bridgehead atoms. The van der Waals surface area contributed by atoms with Gasteiger partial charge in [-0.25, -0.2) is 4.85 Å². The van der Waals surface area contributed by atoms with Crippen molar-refractivity contribution < 1.29 is 4.74 Å². The predicted molar refractivity (Wildman–Crippen MR) is 71.0 cm³/mol. The summed E-state index contributed by atoms with van der Waals surface area (Å²) in [5.41, 5.74) is 0.620. The Balaban J connectivity index is 2.11. The second-order valence-electron chi connectivity index (χ2n) is 3.38. The number of ether oxygens (including phenoxy) is 1. The van der Waals surface area contributed by atoms with E-state index in [1.54, 1.807) is 36.0 Å². The van der Waals surface area contributed by atoms with Gasteiger partial charge >= 0.3 is 0 Å². The van der Waals surface area contributed by atoms with E-state index in [1.807, 2.05) is 30.5 Å². The van der Waals surface area contributed by atoms with Gasteiger partial charge in [-0.1, -0.05) is 12.1 Å². The lowest BCUT2D eigenvalue weighted by Crippen LogP contribution is -1.83. The van der Waals surface area contributed by atoms with E-state index >= 15 is 0 Å². The lowest BCUT2D eigenvalue weighted by atomic mass is 10.3. The fourth-order valence-electron chi connectivity index (χ4n) is 1.37. The average molecular weight is 241 g/mol. The van der Waals surface area contributed by atoms with Crippen LogP contribution in [0.15, 0.2) is 53.4 Å². The van der Waals surface area contributed by atoms with Gasteiger partial charge in [-0.15, -0.1) is 11.8 Å². The molecule has 0 aliphatic rings. The van der Waals surface area contributed by atoms with Gasteiger partial charge in [-0.05, 0) is 42.7 Å². The fraction of sp³-hybridized carbons (Fsp3) is 0.0714. The van der Waals surface area contributed by atoms with E-state index in [-0.39, 0.29) is 0 Å². The van der Waals surface area contributed by atoms with Gasteiger partial charge in [-0.2, -0.15) is 0 Å². The Morgan fingerprint density at radius 3 is 1.94 bits per heavy atom. The topological polar surface area (TPSA) is 13.6 Å². The monoisotopic (exact) mass is 241 g/mol. The standard InChI is InChI=1S/C14H11NOS/c1-15-11-3-5-12(6-4-11)16-13-7-9-14(17-2)10-8-13/h3-10H,2H3. The maximum Gasteiger partial charge on any atom is 0.187 e. The normalized spacial score (nSPS) is 9.65. The van der Waals surface area contributed by atoms with Crippen LogP contribution < -0.4 is 4.74 Å². The summed E-state index contributed by atoms with van der Waals surface area (Å²) in [6.07, 6.45) is 2.04. The Labute approximate surface area is 105 Å². The van der Waals surface area contributed by atoms with Crippen molar-refractivity contribution in [3.8, 4) is 11.5 Å². The molecule has 0 saturated heterocycles. The summed E-state index contributed by atoms with van der Waals surface area (Å²) in [6, 6.07) is 15.0. The Bertz CT molecular complexity index is 526. The molecular formula is C14H11NOS. The summed E-state index contributed by atoms with van der Waals surface area (Å²) < 4.78 is 5.67. The Kier molecular flexibility index (Phi) is 3.69. The highest BCUT2D eigenvalue weighted by molar-refractivity contribution is 7.98. The van der Waals surface area contributed by atoms with Crippen LogP contribution >= 0.6 is 11.8 Å². The van der Waals surface area contributed by atoms with E-state index in [1.165, 1.54) is 4.90 Å². The summed E-state index contributed by atoms with van der Waals surface area (Å²) in [7, 11) is 0. The van der Waals surface area contributed by atoms with Crippen LogP contribution in [0.1, 0.15) is 0 Å². The third-order valence-corrected chi connectivity index (χ3v) is 3.00. The van der Waals surface area contributed by atoms with Gasteiger partial charge in [0.15, 0.2) is 5.69 Å². The molecule has 0 aliphatic heterocycles. The predicted octanol–water partition coefficient (Wildman–Crippen LogP) is 4.75. The molecule has 0 unspecified atom stereocenters. The molecule has 0 fully saturated rings. The SMILES string of the molecule is [C-]#[N+]c1ccc(Oc2ccc(SC)cc2)cc1. The molecule has 0 spiro atoms. The Morgan fingerprint density at radius 2 is 1.47 bits per heavy atom. The minimum Gasteiger partial charge on any atom is -0.457 e. The molecule has 2 nitrogen and oxygen atoms in total. The molecule has 0 heterocycles. The van der Waals surface area contributed by atoms with E-state index in [2.05, 4.69) is 4.85 Å². The van der Waals surface area contributed by atoms with E-state index in [0.717, 1.165) is 11.5 Å². The maximum atomic E-state index is 6.86. The fourth-order valence-corrected chi connectivity index (χ4v) is 1.78. The number of benzene rings is 2.